The smallest absolute Gasteiger partial charge is 0.411 e. The van der Waals surface area contributed by atoms with Crippen LogP contribution in [0, 0.1) is 0 Å². The van der Waals surface area contributed by atoms with Crippen LogP contribution in [0.4, 0.5) is 4.79 Å². The molecule has 2 aromatic rings. The molecule has 2 N–H and O–H groups in total. The summed E-state index contributed by atoms with van der Waals surface area (Å²) in [6.45, 7) is 9.17. The molecule has 2 aromatic carbocycles. The van der Waals surface area contributed by atoms with Gasteiger partial charge in [-0.2, -0.15) is 0 Å². The molecule has 3 amide bonds. The van der Waals surface area contributed by atoms with Crippen molar-refractivity contribution >= 4 is 17.9 Å². The molecule has 176 valence electrons. The van der Waals surface area contributed by atoms with Gasteiger partial charge in [0, 0.05) is 6.42 Å². The summed E-state index contributed by atoms with van der Waals surface area (Å²) < 4.78 is 5.55. The molecule has 0 bridgehead atoms. The molecule has 0 aliphatic carbocycles. The highest BCUT2D eigenvalue weighted by Crippen LogP contribution is 2.25. The van der Waals surface area contributed by atoms with E-state index in [9.17, 15) is 14.4 Å². The van der Waals surface area contributed by atoms with Crippen LogP contribution in [-0.2, 0) is 27.3 Å². The van der Waals surface area contributed by atoms with Gasteiger partial charge in [-0.25, -0.2) is 4.79 Å². The van der Waals surface area contributed by atoms with Crippen LogP contribution in [0.15, 0.2) is 54.6 Å². The van der Waals surface area contributed by atoms with Crippen molar-refractivity contribution in [2.75, 3.05) is 0 Å². The monoisotopic (exact) mass is 451 g/mol. The maximum Gasteiger partial charge on any atom is 0.411 e. The lowest BCUT2D eigenvalue weighted by atomic mass is 9.93. The highest BCUT2D eigenvalue weighted by Gasteiger charge is 2.37. The van der Waals surface area contributed by atoms with E-state index in [1.807, 2.05) is 61.5 Å². The summed E-state index contributed by atoms with van der Waals surface area (Å²) in [5.41, 5.74) is 2.28. The number of hydrogen-bond donors (Lipinski definition) is 2. The summed E-state index contributed by atoms with van der Waals surface area (Å²) in [5, 5.41) is 5.71. The number of fused-ring (bicyclic) bond motifs is 1. The van der Waals surface area contributed by atoms with Crippen LogP contribution in [0.25, 0.3) is 0 Å². The second kappa shape index (κ2) is 10.1. The van der Waals surface area contributed by atoms with E-state index in [0.29, 0.717) is 6.42 Å². The molecule has 7 nitrogen and oxygen atoms in total. The number of hydrogen-bond acceptors (Lipinski definition) is 4. The molecular weight excluding hydrogens is 418 g/mol. The summed E-state index contributed by atoms with van der Waals surface area (Å²) in [6.07, 6.45) is -0.192. The molecule has 1 aliphatic heterocycles. The highest BCUT2D eigenvalue weighted by atomic mass is 16.6. The Morgan fingerprint density at radius 1 is 0.939 bits per heavy atom. The standard InChI is InChI=1S/C26H33N3O4/c1-17(19-11-7-6-8-12-19)27-23(30)18(2)28-24(31)22-15-20-13-9-10-14-21(20)16-29(22)25(32)33-26(3,4)5/h6-14,17-18,22H,15-16H2,1-5H3,(H,27,30)(H,28,31)/t17-,18+,22-/m0/s1. The molecule has 1 aliphatic rings. The van der Waals surface area contributed by atoms with Crippen LogP contribution in [-0.4, -0.2) is 40.5 Å². The Morgan fingerprint density at radius 2 is 1.55 bits per heavy atom. The Morgan fingerprint density at radius 3 is 2.18 bits per heavy atom. The van der Waals surface area contributed by atoms with Gasteiger partial charge in [-0.15, -0.1) is 0 Å². The molecule has 3 rings (SSSR count). The zero-order valence-electron chi connectivity index (χ0n) is 19.9. The van der Waals surface area contributed by atoms with Crippen molar-refractivity contribution < 1.29 is 19.1 Å². The summed E-state index contributed by atoms with van der Waals surface area (Å²) in [4.78, 5) is 40.3. The molecule has 0 unspecified atom stereocenters. The Labute approximate surface area is 195 Å². The van der Waals surface area contributed by atoms with Crippen LogP contribution in [0.5, 0.6) is 0 Å². The van der Waals surface area contributed by atoms with Gasteiger partial charge in [-0.1, -0.05) is 54.6 Å². The average molecular weight is 452 g/mol. The van der Waals surface area contributed by atoms with E-state index in [2.05, 4.69) is 10.6 Å². The van der Waals surface area contributed by atoms with E-state index in [-0.39, 0.29) is 24.4 Å². The van der Waals surface area contributed by atoms with Crippen molar-refractivity contribution in [1.82, 2.24) is 15.5 Å². The van der Waals surface area contributed by atoms with E-state index in [4.69, 9.17) is 4.74 Å². The molecule has 0 saturated heterocycles. The van der Waals surface area contributed by atoms with Crippen LogP contribution in [0.1, 0.15) is 57.4 Å². The van der Waals surface area contributed by atoms with Crippen molar-refractivity contribution in [3.05, 3.63) is 71.3 Å². The van der Waals surface area contributed by atoms with E-state index >= 15 is 0 Å². The molecule has 0 radical (unpaired) electrons. The zero-order valence-corrected chi connectivity index (χ0v) is 19.9. The fraction of sp³-hybridized carbons (Fsp3) is 0.423. The number of ether oxygens (including phenoxy) is 1. The Kier molecular flexibility index (Phi) is 7.41. The number of amides is 3. The summed E-state index contributed by atoms with van der Waals surface area (Å²) >= 11 is 0. The third-order valence-corrected chi connectivity index (χ3v) is 5.59. The molecule has 0 aromatic heterocycles. The van der Waals surface area contributed by atoms with Crippen LogP contribution >= 0.6 is 0 Å². The topological polar surface area (TPSA) is 87.7 Å². The Hall–Kier alpha value is -3.35. The third kappa shape index (κ3) is 6.34. The van der Waals surface area contributed by atoms with Crippen molar-refractivity contribution in [2.24, 2.45) is 0 Å². The third-order valence-electron chi connectivity index (χ3n) is 5.59. The molecule has 0 saturated carbocycles. The van der Waals surface area contributed by atoms with Gasteiger partial charge in [0.2, 0.25) is 11.8 Å². The number of benzene rings is 2. The van der Waals surface area contributed by atoms with Gasteiger partial charge >= 0.3 is 6.09 Å². The van der Waals surface area contributed by atoms with Crippen molar-refractivity contribution in [1.29, 1.82) is 0 Å². The average Bonchev–Trinajstić information content (AvgIpc) is 2.77. The number of carbonyl (C=O) groups is 3. The second-order valence-corrected chi connectivity index (χ2v) is 9.47. The van der Waals surface area contributed by atoms with Crippen molar-refractivity contribution in [3.8, 4) is 0 Å². The van der Waals surface area contributed by atoms with E-state index in [1.54, 1.807) is 27.7 Å². The zero-order chi connectivity index (χ0) is 24.2. The van der Waals surface area contributed by atoms with Crippen LogP contribution < -0.4 is 10.6 Å². The number of nitrogens with one attached hydrogen (secondary N) is 2. The first-order chi connectivity index (χ1) is 15.5. The number of rotatable bonds is 5. The lowest BCUT2D eigenvalue weighted by molar-refractivity contribution is -0.132. The van der Waals surface area contributed by atoms with Gasteiger partial charge < -0.3 is 15.4 Å². The Balaban J connectivity index is 1.71. The van der Waals surface area contributed by atoms with Gasteiger partial charge in [0.05, 0.1) is 12.6 Å². The first kappa shape index (κ1) is 24.3. The minimum absolute atomic E-state index is 0.196. The van der Waals surface area contributed by atoms with Crippen molar-refractivity contribution in [2.45, 2.75) is 71.3 Å². The largest absolute Gasteiger partial charge is 0.444 e. The van der Waals surface area contributed by atoms with Crippen LogP contribution in [0.2, 0.25) is 0 Å². The SMILES string of the molecule is C[C@H](NC(=O)[C@@H](C)NC(=O)[C@@H]1Cc2ccccc2CN1C(=O)OC(C)(C)C)c1ccccc1. The molecule has 33 heavy (non-hydrogen) atoms. The number of nitrogens with zero attached hydrogens (tertiary/aromatic N) is 1. The highest BCUT2D eigenvalue weighted by molar-refractivity contribution is 5.91. The van der Waals surface area contributed by atoms with Crippen molar-refractivity contribution in [3.63, 3.8) is 0 Å². The lowest BCUT2D eigenvalue weighted by Crippen LogP contribution is -2.56. The normalized spacial score (nSPS) is 17.4. The molecule has 0 spiro atoms. The molecule has 7 heteroatoms. The van der Waals surface area contributed by atoms with E-state index < -0.39 is 23.8 Å². The first-order valence-electron chi connectivity index (χ1n) is 11.3. The lowest BCUT2D eigenvalue weighted by Gasteiger charge is -2.37. The van der Waals surface area contributed by atoms with Gasteiger partial charge in [0.15, 0.2) is 0 Å². The summed E-state index contributed by atoms with van der Waals surface area (Å²) in [5.74, 6) is -0.676. The first-order valence-corrected chi connectivity index (χ1v) is 11.3. The maximum atomic E-state index is 13.2. The fourth-order valence-corrected chi connectivity index (χ4v) is 3.81. The van der Waals surface area contributed by atoms with Crippen LogP contribution in [0.3, 0.4) is 0 Å². The Bertz CT molecular complexity index is 1000. The number of carbonyl (C=O) groups excluding carboxylic acids is 3. The summed E-state index contributed by atoms with van der Waals surface area (Å²) in [6, 6.07) is 15.6. The molecular formula is C26H33N3O4. The summed E-state index contributed by atoms with van der Waals surface area (Å²) in [7, 11) is 0. The molecule has 3 atom stereocenters. The van der Waals surface area contributed by atoms with Gasteiger partial charge in [0.1, 0.15) is 17.7 Å². The second-order valence-electron chi connectivity index (χ2n) is 9.47. The quantitative estimate of drug-likeness (QED) is 0.725. The fourth-order valence-electron chi connectivity index (χ4n) is 3.81. The molecule has 1 heterocycles. The van der Waals surface area contributed by atoms with Gasteiger partial charge in [-0.3, -0.25) is 14.5 Å². The predicted molar refractivity (Wildman–Crippen MR) is 126 cm³/mol. The minimum Gasteiger partial charge on any atom is -0.444 e. The molecule has 0 fully saturated rings. The maximum absolute atomic E-state index is 13.2. The van der Waals surface area contributed by atoms with Gasteiger partial charge in [0.25, 0.3) is 0 Å². The predicted octanol–water partition coefficient (Wildman–Crippen LogP) is 3.73. The van der Waals surface area contributed by atoms with E-state index in [1.165, 1.54) is 4.90 Å². The van der Waals surface area contributed by atoms with E-state index in [0.717, 1.165) is 16.7 Å². The minimum atomic E-state index is -0.767. The van der Waals surface area contributed by atoms with Gasteiger partial charge in [-0.05, 0) is 51.3 Å².